The number of rotatable bonds is 2. The zero-order valence-corrected chi connectivity index (χ0v) is 12.9. The molecule has 0 saturated heterocycles. The molecule has 0 radical (unpaired) electrons. The third-order valence-corrected chi connectivity index (χ3v) is 4.18. The molecule has 4 rings (SSSR count). The minimum Gasteiger partial charge on any atom is -0.368 e. The van der Waals surface area contributed by atoms with Gasteiger partial charge in [0.25, 0.3) is 0 Å². The molecule has 23 heavy (non-hydrogen) atoms. The summed E-state index contributed by atoms with van der Waals surface area (Å²) in [5.41, 5.74) is 7.94. The van der Waals surface area contributed by atoms with Crippen LogP contribution < -0.4 is 11.3 Å². The molecule has 2 N–H and O–H groups in total. The van der Waals surface area contributed by atoms with E-state index in [1.807, 2.05) is 5.38 Å². The summed E-state index contributed by atoms with van der Waals surface area (Å²) in [4.78, 5) is 24.5. The predicted octanol–water partition coefficient (Wildman–Crippen LogP) is 1.20. The molecule has 0 bridgehead atoms. The van der Waals surface area contributed by atoms with Crippen molar-refractivity contribution in [3.8, 4) is 22.0 Å². The number of hydrogen-bond acceptors (Lipinski definition) is 7. The first-order chi connectivity index (χ1) is 11.1. The van der Waals surface area contributed by atoms with Crippen LogP contribution in [0.25, 0.3) is 27.6 Å². The van der Waals surface area contributed by atoms with Crippen molar-refractivity contribution in [1.29, 1.82) is 0 Å². The summed E-state index contributed by atoms with van der Waals surface area (Å²) < 4.78 is 2.98. The van der Waals surface area contributed by atoms with Gasteiger partial charge in [-0.15, -0.1) is 16.4 Å². The zero-order chi connectivity index (χ0) is 16.0. The second kappa shape index (κ2) is 4.99. The van der Waals surface area contributed by atoms with Crippen molar-refractivity contribution in [1.82, 2.24) is 29.1 Å². The Bertz CT molecular complexity index is 1060. The average Bonchev–Trinajstić information content (AvgIpc) is 3.19. The quantitative estimate of drug-likeness (QED) is 0.594. The Kier molecular flexibility index (Phi) is 2.95. The normalized spacial score (nSPS) is 11.2. The maximum absolute atomic E-state index is 11.6. The van der Waals surface area contributed by atoms with Gasteiger partial charge in [-0.1, -0.05) is 0 Å². The van der Waals surface area contributed by atoms with Gasteiger partial charge in [0, 0.05) is 48.2 Å². The molecule has 4 heterocycles. The lowest BCUT2D eigenvalue weighted by Gasteiger charge is -2.05. The van der Waals surface area contributed by atoms with Crippen molar-refractivity contribution in [3.05, 3.63) is 46.5 Å². The van der Waals surface area contributed by atoms with Gasteiger partial charge in [0.15, 0.2) is 10.7 Å². The molecule has 0 saturated carbocycles. The molecule has 0 spiro atoms. The monoisotopic (exact) mass is 325 g/mol. The number of nitrogens with two attached hydrogens (primary N) is 1. The maximum Gasteiger partial charge on any atom is 0.250 e. The van der Waals surface area contributed by atoms with Crippen LogP contribution in [0.15, 0.2) is 40.9 Å². The second-order valence-corrected chi connectivity index (χ2v) is 5.80. The van der Waals surface area contributed by atoms with Gasteiger partial charge in [0.1, 0.15) is 0 Å². The standard InChI is InChI=1S/C14H11N7OS/c1-20-7-8(2-3-10(20)22)9-6-17-14(15)21-12(9)18-11(19-21)13-16-4-5-23-13/h2-7H,1H3,(H2,15,17). The molecule has 0 aliphatic carbocycles. The highest BCUT2D eigenvalue weighted by atomic mass is 32.1. The molecule has 0 unspecified atom stereocenters. The Labute approximate surface area is 133 Å². The van der Waals surface area contributed by atoms with Crippen LogP contribution in [-0.2, 0) is 7.05 Å². The van der Waals surface area contributed by atoms with E-state index in [4.69, 9.17) is 5.73 Å². The van der Waals surface area contributed by atoms with Gasteiger partial charge in [-0.3, -0.25) is 4.79 Å². The summed E-state index contributed by atoms with van der Waals surface area (Å²) in [6.45, 7) is 0. The third kappa shape index (κ3) is 2.18. The molecule has 4 aromatic rings. The first kappa shape index (κ1) is 13.6. The highest BCUT2D eigenvalue weighted by molar-refractivity contribution is 7.13. The van der Waals surface area contributed by atoms with E-state index in [2.05, 4.69) is 20.1 Å². The Morgan fingerprint density at radius 3 is 2.87 bits per heavy atom. The summed E-state index contributed by atoms with van der Waals surface area (Å²) in [5, 5.41) is 6.94. The summed E-state index contributed by atoms with van der Waals surface area (Å²) in [7, 11) is 1.69. The van der Waals surface area contributed by atoms with Crippen molar-refractivity contribution >= 4 is 22.9 Å². The molecule has 0 fully saturated rings. The lowest BCUT2D eigenvalue weighted by atomic mass is 10.1. The number of aromatic nitrogens is 6. The number of fused-ring (bicyclic) bond motifs is 1. The molecule has 0 amide bonds. The largest absolute Gasteiger partial charge is 0.368 e. The molecule has 0 aliphatic rings. The maximum atomic E-state index is 11.6. The van der Waals surface area contributed by atoms with Gasteiger partial charge >= 0.3 is 0 Å². The number of nitrogen functional groups attached to an aromatic ring is 1. The molecule has 0 aliphatic heterocycles. The van der Waals surface area contributed by atoms with Crippen molar-refractivity contribution < 1.29 is 0 Å². The zero-order valence-electron chi connectivity index (χ0n) is 12.0. The minimum atomic E-state index is -0.0851. The van der Waals surface area contributed by atoms with E-state index in [-0.39, 0.29) is 11.5 Å². The summed E-state index contributed by atoms with van der Waals surface area (Å²) in [6, 6.07) is 3.23. The number of aryl methyl sites for hydroxylation is 1. The van der Waals surface area contributed by atoms with Gasteiger partial charge in [-0.05, 0) is 6.07 Å². The lowest BCUT2D eigenvalue weighted by Crippen LogP contribution is -2.14. The fourth-order valence-corrected chi connectivity index (χ4v) is 2.83. The lowest BCUT2D eigenvalue weighted by molar-refractivity contribution is 0.861. The number of nitrogens with zero attached hydrogens (tertiary/aromatic N) is 6. The van der Waals surface area contributed by atoms with Crippen LogP contribution in [0, 0.1) is 0 Å². The molecular formula is C14H11N7OS. The molecule has 9 heteroatoms. The van der Waals surface area contributed by atoms with Crippen molar-refractivity contribution in [2.45, 2.75) is 0 Å². The Morgan fingerprint density at radius 1 is 1.26 bits per heavy atom. The average molecular weight is 325 g/mol. The Morgan fingerprint density at radius 2 is 2.13 bits per heavy atom. The van der Waals surface area contributed by atoms with E-state index in [0.717, 1.165) is 11.1 Å². The van der Waals surface area contributed by atoms with Crippen molar-refractivity contribution in [2.24, 2.45) is 7.05 Å². The number of anilines is 1. The van der Waals surface area contributed by atoms with E-state index < -0.39 is 0 Å². The van der Waals surface area contributed by atoms with E-state index in [1.165, 1.54) is 26.5 Å². The van der Waals surface area contributed by atoms with Crippen LogP contribution in [0.2, 0.25) is 0 Å². The fraction of sp³-hybridized carbons (Fsp3) is 0.0714. The first-order valence-corrected chi connectivity index (χ1v) is 7.59. The SMILES string of the molecule is Cn1cc(-c2cnc(N)n3nc(-c4nccs4)nc23)ccc1=O. The molecule has 0 aromatic carbocycles. The first-order valence-electron chi connectivity index (χ1n) is 6.71. The number of thiazole rings is 1. The van der Waals surface area contributed by atoms with Gasteiger partial charge in [0.2, 0.25) is 17.3 Å². The smallest absolute Gasteiger partial charge is 0.250 e. The minimum absolute atomic E-state index is 0.0851. The van der Waals surface area contributed by atoms with Gasteiger partial charge < -0.3 is 10.3 Å². The van der Waals surface area contributed by atoms with Crippen LogP contribution in [0.3, 0.4) is 0 Å². The van der Waals surface area contributed by atoms with Crippen molar-refractivity contribution in [3.63, 3.8) is 0 Å². The second-order valence-electron chi connectivity index (χ2n) is 4.91. The summed E-state index contributed by atoms with van der Waals surface area (Å²) >= 11 is 1.45. The topological polar surface area (TPSA) is 104 Å². The highest BCUT2D eigenvalue weighted by Gasteiger charge is 2.15. The third-order valence-electron chi connectivity index (χ3n) is 3.41. The number of hydrogen-bond donors (Lipinski definition) is 1. The van der Waals surface area contributed by atoms with E-state index in [1.54, 1.807) is 31.7 Å². The van der Waals surface area contributed by atoms with Gasteiger partial charge in [0.05, 0.1) is 0 Å². The van der Waals surface area contributed by atoms with E-state index in [0.29, 0.717) is 16.5 Å². The molecular weight excluding hydrogens is 314 g/mol. The molecule has 4 aromatic heterocycles. The Balaban J connectivity index is 1.98. The Hall–Kier alpha value is -3.07. The van der Waals surface area contributed by atoms with Crippen LogP contribution >= 0.6 is 11.3 Å². The van der Waals surface area contributed by atoms with Crippen LogP contribution in [-0.4, -0.2) is 29.1 Å². The van der Waals surface area contributed by atoms with Crippen LogP contribution in [0.4, 0.5) is 5.95 Å². The van der Waals surface area contributed by atoms with Crippen molar-refractivity contribution in [2.75, 3.05) is 5.73 Å². The van der Waals surface area contributed by atoms with Crippen LogP contribution in [0.5, 0.6) is 0 Å². The van der Waals surface area contributed by atoms with E-state index in [9.17, 15) is 4.79 Å². The van der Waals surface area contributed by atoms with Gasteiger partial charge in [-0.25, -0.2) is 15.0 Å². The highest BCUT2D eigenvalue weighted by Crippen LogP contribution is 2.26. The molecule has 114 valence electrons. The van der Waals surface area contributed by atoms with Crippen LogP contribution in [0.1, 0.15) is 0 Å². The molecule has 8 nitrogen and oxygen atoms in total. The summed E-state index contributed by atoms with van der Waals surface area (Å²) in [6.07, 6.45) is 5.05. The van der Waals surface area contributed by atoms with E-state index >= 15 is 0 Å². The van der Waals surface area contributed by atoms with Gasteiger partial charge in [-0.2, -0.15) is 4.52 Å². The summed E-state index contributed by atoms with van der Waals surface area (Å²) in [5.74, 6) is 0.731. The predicted molar refractivity (Wildman–Crippen MR) is 87.0 cm³/mol. The number of pyridine rings is 1. The fourth-order valence-electron chi connectivity index (χ4n) is 2.27. The molecule has 0 atom stereocenters.